The Morgan fingerprint density at radius 2 is 1.81 bits per heavy atom. The lowest BCUT2D eigenvalue weighted by molar-refractivity contribution is -0.131. The Balaban J connectivity index is 1.56. The van der Waals surface area contributed by atoms with Gasteiger partial charge in [0.05, 0.1) is 12.2 Å². The summed E-state index contributed by atoms with van der Waals surface area (Å²) in [5.74, 6) is -0.620. The number of rotatable bonds is 4. The molecule has 1 saturated heterocycles. The lowest BCUT2D eigenvalue weighted by atomic mass is 9.92. The third-order valence-electron chi connectivity index (χ3n) is 4.59. The number of aromatic nitrogens is 1. The first kappa shape index (κ1) is 17.4. The molecule has 5 nitrogen and oxygen atoms in total. The Morgan fingerprint density at radius 3 is 2.52 bits per heavy atom. The molecule has 1 aliphatic heterocycles. The summed E-state index contributed by atoms with van der Waals surface area (Å²) in [6.07, 6.45) is 0. The summed E-state index contributed by atoms with van der Waals surface area (Å²) in [5.41, 5.74) is 1.05. The summed E-state index contributed by atoms with van der Waals surface area (Å²) in [5, 5.41) is 5.30. The first-order valence-corrected chi connectivity index (χ1v) is 9.25. The molecule has 0 radical (unpaired) electrons. The summed E-state index contributed by atoms with van der Waals surface area (Å²) in [4.78, 5) is 31.0. The van der Waals surface area contributed by atoms with Crippen molar-refractivity contribution in [1.29, 1.82) is 0 Å². The summed E-state index contributed by atoms with van der Waals surface area (Å²) >= 11 is 1.39. The lowest BCUT2D eigenvalue weighted by Gasteiger charge is -2.21. The van der Waals surface area contributed by atoms with Gasteiger partial charge >= 0.3 is 6.03 Å². The van der Waals surface area contributed by atoms with Gasteiger partial charge in [0.25, 0.3) is 5.91 Å². The van der Waals surface area contributed by atoms with Gasteiger partial charge in [-0.15, -0.1) is 11.3 Å². The second kappa shape index (κ2) is 6.59. The smallest absolute Gasteiger partial charge is 0.319 e. The van der Waals surface area contributed by atoms with Crippen LogP contribution in [0.3, 0.4) is 0 Å². The fraction of sp³-hybridized carbons (Fsp3) is 0.150. The molecule has 1 aromatic heterocycles. The average Bonchev–Trinajstić information content (AvgIpc) is 3.23. The highest BCUT2D eigenvalue weighted by Gasteiger charge is 2.48. The maximum absolute atomic E-state index is 13.1. The first-order valence-electron chi connectivity index (χ1n) is 8.37. The minimum atomic E-state index is -1.09. The number of carbonyl (C=O) groups excluding carboxylic acids is 2. The van der Waals surface area contributed by atoms with Gasteiger partial charge in [-0.3, -0.25) is 9.69 Å². The predicted octanol–water partition coefficient (Wildman–Crippen LogP) is 3.92. The normalized spacial score (nSPS) is 19.4. The maximum Gasteiger partial charge on any atom is 0.325 e. The van der Waals surface area contributed by atoms with Gasteiger partial charge in [-0.05, 0) is 36.8 Å². The van der Waals surface area contributed by atoms with Crippen LogP contribution in [0.25, 0.3) is 10.6 Å². The quantitative estimate of drug-likeness (QED) is 0.697. The SMILES string of the molecule is C[C@@]1(c2ccccc2)NC(=O)N(Cc2csc(-c3ccc(F)cc3)n2)C1=O. The molecule has 0 bridgehead atoms. The number of thiazole rings is 1. The second-order valence-corrected chi connectivity index (χ2v) is 7.32. The molecule has 0 saturated carbocycles. The molecular formula is C20H16FN3O2S. The standard InChI is InChI=1S/C20H16FN3O2S/c1-20(14-5-3-2-4-6-14)18(25)24(19(26)23-20)11-16-12-27-17(22-16)13-7-9-15(21)10-8-13/h2-10,12H,11H2,1H3,(H,23,26)/t20-/m0/s1. The number of halogens is 1. The van der Waals surface area contributed by atoms with E-state index in [9.17, 15) is 14.0 Å². The minimum absolute atomic E-state index is 0.0881. The number of nitrogens with one attached hydrogen (secondary N) is 1. The van der Waals surface area contributed by atoms with E-state index >= 15 is 0 Å². The van der Waals surface area contributed by atoms with Crippen molar-refractivity contribution in [2.75, 3.05) is 0 Å². The highest BCUT2D eigenvalue weighted by molar-refractivity contribution is 7.13. The van der Waals surface area contributed by atoms with E-state index in [1.54, 1.807) is 24.4 Å². The molecule has 1 fully saturated rings. The van der Waals surface area contributed by atoms with Crippen LogP contribution >= 0.6 is 11.3 Å². The van der Waals surface area contributed by atoms with E-state index in [4.69, 9.17) is 0 Å². The minimum Gasteiger partial charge on any atom is -0.319 e. The van der Waals surface area contributed by atoms with E-state index in [1.807, 2.05) is 30.3 Å². The highest BCUT2D eigenvalue weighted by atomic mass is 32.1. The molecule has 3 amide bonds. The summed E-state index contributed by atoms with van der Waals surface area (Å²) in [6, 6.07) is 14.8. The zero-order valence-electron chi connectivity index (χ0n) is 14.5. The molecule has 7 heteroatoms. The number of imide groups is 1. The lowest BCUT2D eigenvalue weighted by Crippen LogP contribution is -2.40. The van der Waals surface area contributed by atoms with Crippen LogP contribution in [0.2, 0.25) is 0 Å². The third kappa shape index (κ3) is 3.10. The van der Waals surface area contributed by atoms with Gasteiger partial charge < -0.3 is 5.32 Å². The second-order valence-electron chi connectivity index (χ2n) is 6.46. The van der Waals surface area contributed by atoms with Crippen LogP contribution in [-0.4, -0.2) is 21.8 Å². The van der Waals surface area contributed by atoms with Crippen molar-refractivity contribution >= 4 is 23.3 Å². The van der Waals surface area contributed by atoms with Gasteiger partial charge in [-0.25, -0.2) is 14.2 Å². The molecule has 2 aromatic carbocycles. The topological polar surface area (TPSA) is 62.3 Å². The van der Waals surface area contributed by atoms with Crippen molar-refractivity contribution in [2.24, 2.45) is 0 Å². The molecular weight excluding hydrogens is 365 g/mol. The summed E-state index contributed by atoms with van der Waals surface area (Å²) in [7, 11) is 0. The van der Waals surface area contributed by atoms with Crippen LogP contribution in [0, 0.1) is 5.82 Å². The first-order chi connectivity index (χ1) is 13.0. The Labute approximate surface area is 159 Å². The van der Waals surface area contributed by atoms with E-state index in [0.29, 0.717) is 10.7 Å². The number of benzene rings is 2. The van der Waals surface area contributed by atoms with Crippen LogP contribution in [0.15, 0.2) is 60.0 Å². The molecule has 3 aromatic rings. The van der Waals surface area contributed by atoms with E-state index < -0.39 is 11.6 Å². The number of carbonyl (C=O) groups is 2. The van der Waals surface area contributed by atoms with E-state index in [2.05, 4.69) is 10.3 Å². The number of amides is 3. The molecule has 1 aliphatic rings. The zero-order chi connectivity index (χ0) is 19.0. The number of urea groups is 1. The molecule has 27 heavy (non-hydrogen) atoms. The van der Waals surface area contributed by atoms with Crippen LogP contribution in [0.5, 0.6) is 0 Å². The number of nitrogens with zero attached hydrogens (tertiary/aromatic N) is 2. The van der Waals surface area contributed by atoms with Crippen molar-refractivity contribution < 1.29 is 14.0 Å². The Kier molecular flexibility index (Phi) is 4.24. The molecule has 2 heterocycles. The monoisotopic (exact) mass is 381 g/mol. The van der Waals surface area contributed by atoms with Crippen molar-refractivity contribution in [3.8, 4) is 10.6 Å². The Hall–Kier alpha value is -3.06. The third-order valence-corrected chi connectivity index (χ3v) is 5.53. The van der Waals surface area contributed by atoms with E-state index in [0.717, 1.165) is 11.1 Å². The van der Waals surface area contributed by atoms with E-state index in [1.165, 1.54) is 28.4 Å². The molecule has 4 rings (SSSR count). The van der Waals surface area contributed by atoms with Crippen molar-refractivity contribution in [3.05, 3.63) is 77.1 Å². The summed E-state index contributed by atoms with van der Waals surface area (Å²) < 4.78 is 13.1. The fourth-order valence-electron chi connectivity index (χ4n) is 3.07. The van der Waals surface area contributed by atoms with Gasteiger partial charge in [0.2, 0.25) is 0 Å². The molecule has 1 atom stereocenters. The molecule has 0 spiro atoms. The van der Waals surface area contributed by atoms with Crippen molar-refractivity contribution in [1.82, 2.24) is 15.2 Å². The number of hydrogen-bond donors (Lipinski definition) is 1. The highest BCUT2D eigenvalue weighted by Crippen LogP contribution is 2.30. The van der Waals surface area contributed by atoms with Crippen molar-refractivity contribution in [2.45, 2.75) is 19.0 Å². The fourth-order valence-corrected chi connectivity index (χ4v) is 3.89. The largest absolute Gasteiger partial charge is 0.325 e. The molecule has 136 valence electrons. The summed E-state index contributed by atoms with van der Waals surface area (Å²) in [6.45, 7) is 1.79. The van der Waals surface area contributed by atoms with Crippen LogP contribution < -0.4 is 5.32 Å². The van der Waals surface area contributed by atoms with Gasteiger partial charge in [-0.1, -0.05) is 30.3 Å². The average molecular weight is 381 g/mol. The van der Waals surface area contributed by atoms with Gasteiger partial charge in [0.15, 0.2) is 0 Å². The van der Waals surface area contributed by atoms with Crippen LogP contribution in [0.1, 0.15) is 18.2 Å². The van der Waals surface area contributed by atoms with E-state index in [-0.39, 0.29) is 18.3 Å². The predicted molar refractivity (Wildman–Crippen MR) is 100 cm³/mol. The Morgan fingerprint density at radius 1 is 1.11 bits per heavy atom. The zero-order valence-corrected chi connectivity index (χ0v) is 15.3. The Bertz CT molecular complexity index is 1000. The van der Waals surface area contributed by atoms with Gasteiger partial charge in [0.1, 0.15) is 16.4 Å². The van der Waals surface area contributed by atoms with Crippen LogP contribution in [-0.2, 0) is 16.9 Å². The molecule has 0 aliphatic carbocycles. The van der Waals surface area contributed by atoms with Crippen molar-refractivity contribution in [3.63, 3.8) is 0 Å². The molecule has 0 unspecified atom stereocenters. The molecule has 1 N–H and O–H groups in total. The van der Waals surface area contributed by atoms with Gasteiger partial charge in [0, 0.05) is 10.9 Å². The van der Waals surface area contributed by atoms with Gasteiger partial charge in [-0.2, -0.15) is 0 Å². The number of hydrogen-bond acceptors (Lipinski definition) is 4. The maximum atomic E-state index is 13.1. The van der Waals surface area contributed by atoms with Crippen LogP contribution in [0.4, 0.5) is 9.18 Å².